The summed E-state index contributed by atoms with van der Waals surface area (Å²) in [4.78, 5) is 138. The Morgan fingerprint density at radius 3 is 1.07 bits per heavy atom. The van der Waals surface area contributed by atoms with E-state index < -0.39 is 96.0 Å². The summed E-state index contributed by atoms with van der Waals surface area (Å²) in [6.07, 6.45) is 10.7. The first-order chi connectivity index (χ1) is 48.1. The fourth-order valence-corrected chi connectivity index (χ4v) is 15.1. The molecule has 0 saturated carbocycles. The molecule has 6 heterocycles. The average Bonchev–Trinajstić information content (AvgIpc) is 1.61. The van der Waals surface area contributed by atoms with Crippen molar-refractivity contribution in [2.45, 2.75) is 275 Å². The molecule has 3 aromatic carbocycles. The fourth-order valence-electron chi connectivity index (χ4n) is 15.1. The minimum absolute atomic E-state index is 0. The van der Waals surface area contributed by atoms with E-state index in [0.717, 1.165) is 68.9 Å². The first-order valence-electron chi connectivity index (χ1n) is 36.3. The third-order valence-electron chi connectivity index (χ3n) is 20.7. The van der Waals surface area contributed by atoms with E-state index in [1.165, 1.54) is 55.9 Å². The van der Waals surface area contributed by atoms with Crippen molar-refractivity contribution in [3.05, 3.63) is 106 Å². The van der Waals surface area contributed by atoms with Gasteiger partial charge in [0.15, 0.2) is 0 Å². The molecule has 558 valence electrons. The standard InChI is InChI=1S/2C28H40N4O6.C19H25N3O3.CH4/c2*1-17(31(5)27(36)38-28(2,3)4)24(33)30-21-15-16-37-23-14-13-22(32(23)26(21)35)25(34)29-20-12-8-10-18-9-6-7-11-19(18)20;20-14-10-11-25-17-9-8-16(22(17)19(14)24)18(23)21-15-7-3-5-12-4-1-2-6-13(12)15;/h2*6-7,9,11,17,20-23H,8,10,12-16H2,1-5H3,(H,29,34)(H,30,33);1-2,4,6,14-17H,3,5,7-11,20H2,(H,21,23);1H4/t17-,20+,21-,22+,23-;17-,20+,21-,22-,23-;14-,15+,16?,17-;/m000./s1. The molecule has 3 aromatic rings. The van der Waals surface area contributed by atoms with Crippen molar-refractivity contribution in [3.63, 3.8) is 0 Å². The first kappa shape index (κ1) is 77.9. The lowest BCUT2D eigenvalue weighted by atomic mass is 9.87. The Hall–Kier alpha value is -8.20. The second-order valence-electron chi connectivity index (χ2n) is 30.1. The molecule has 6 aliphatic heterocycles. The van der Waals surface area contributed by atoms with Gasteiger partial charge in [-0.05, 0) is 192 Å². The van der Waals surface area contributed by atoms with Gasteiger partial charge in [-0.2, -0.15) is 0 Å². The van der Waals surface area contributed by atoms with Crippen molar-refractivity contribution >= 4 is 59.4 Å². The second kappa shape index (κ2) is 33.9. The number of benzene rings is 3. The minimum Gasteiger partial charge on any atom is -0.444 e. The highest BCUT2D eigenvalue weighted by atomic mass is 16.6. The van der Waals surface area contributed by atoms with Gasteiger partial charge in [-0.3, -0.25) is 48.2 Å². The number of nitrogens with zero attached hydrogens (tertiary/aromatic N) is 5. The number of hydrogen-bond donors (Lipinski definition) is 6. The molecule has 10 amide bonds. The molecule has 3 aliphatic carbocycles. The third-order valence-corrected chi connectivity index (χ3v) is 20.7. The predicted octanol–water partition coefficient (Wildman–Crippen LogP) is 7.20. The van der Waals surface area contributed by atoms with Crippen LogP contribution in [0.15, 0.2) is 72.8 Å². The topological polar surface area (TPSA) is 319 Å². The van der Waals surface area contributed by atoms with Crippen LogP contribution in [-0.2, 0) is 81.3 Å². The normalized spacial score (nSPS) is 27.1. The van der Waals surface area contributed by atoms with E-state index in [9.17, 15) is 47.9 Å². The summed E-state index contributed by atoms with van der Waals surface area (Å²) in [5.74, 6) is -2.28. The van der Waals surface area contributed by atoms with Crippen LogP contribution in [0, 0.1) is 0 Å². The Balaban J connectivity index is 0.000000181. The smallest absolute Gasteiger partial charge is 0.410 e. The maximum absolute atomic E-state index is 13.6. The highest BCUT2D eigenvalue weighted by Crippen LogP contribution is 2.37. The number of nitrogens with one attached hydrogen (secondary N) is 5. The zero-order valence-electron chi connectivity index (χ0n) is 60.3. The van der Waals surface area contributed by atoms with Crippen molar-refractivity contribution in [1.29, 1.82) is 0 Å². The van der Waals surface area contributed by atoms with Crippen molar-refractivity contribution in [3.8, 4) is 0 Å². The van der Waals surface area contributed by atoms with Crippen molar-refractivity contribution in [2.24, 2.45) is 5.73 Å². The van der Waals surface area contributed by atoms with E-state index >= 15 is 0 Å². The summed E-state index contributed by atoms with van der Waals surface area (Å²) in [6.45, 7) is 14.7. The lowest BCUT2D eigenvalue weighted by Gasteiger charge is -2.33. The van der Waals surface area contributed by atoms with Crippen LogP contribution in [0.3, 0.4) is 0 Å². The van der Waals surface area contributed by atoms with Gasteiger partial charge in [-0.15, -0.1) is 0 Å². The zero-order valence-corrected chi connectivity index (χ0v) is 60.3. The summed E-state index contributed by atoms with van der Waals surface area (Å²) in [6, 6.07) is 18.6. The lowest BCUT2D eigenvalue weighted by Crippen LogP contribution is -2.57. The molecule has 6 fully saturated rings. The number of carbonyl (C=O) groups excluding carboxylic acids is 10. The van der Waals surface area contributed by atoms with Crippen molar-refractivity contribution < 1.29 is 71.6 Å². The van der Waals surface area contributed by atoms with Crippen LogP contribution in [0.5, 0.6) is 0 Å². The van der Waals surface area contributed by atoms with Crippen LogP contribution in [0.4, 0.5) is 9.59 Å². The van der Waals surface area contributed by atoms with Gasteiger partial charge >= 0.3 is 12.2 Å². The predicted molar refractivity (Wildman–Crippen MR) is 379 cm³/mol. The van der Waals surface area contributed by atoms with Crippen LogP contribution in [0.1, 0.15) is 211 Å². The summed E-state index contributed by atoms with van der Waals surface area (Å²) < 4.78 is 28.3. The van der Waals surface area contributed by atoms with Gasteiger partial charge in [0.2, 0.25) is 47.3 Å². The highest BCUT2D eigenvalue weighted by Gasteiger charge is 2.50. The Kier molecular flexibility index (Phi) is 25.9. The third kappa shape index (κ3) is 18.6. The van der Waals surface area contributed by atoms with E-state index in [4.69, 9.17) is 29.4 Å². The molecule has 7 N–H and O–H groups in total. The Bertz CT molecular complexity index is 3360. The van der Waals surface area contributed by atoms with Crippen LogP contribution >= 0.6 is 0 Å². The molecule has 26 nitrogen and oxygen atoms in total. The highest BCUT2D eigenvalue weighted by molar-refractivity contribution is 5.96. The molecule has 0 spiro atoms. The van der Waals surface area contributed by atoms with Gasteiger partial charge in [-0.25, -0.2) is 9.59 Å². The minimum atomic E-state index is -0.860. The van der Waals surface area contributed by atoms with Crippen LogP contribution in [0.2, 0.25) is 0 Å². The van der Waals surface area contributed by atoms with Crippen molar-refractivity contribution in [1.82, 2.24) is 51.1 Å². The summed E-state index contributed by atoms with van der Waals surface area (Å²) >= 11 is 0. The molecule has 12 rings (SSSR count). The number of likely N-dealkylation sites (N-methyl/N-ethyl adjacent to an activating group) is 2. The molecule has 0 aromatic heterocycles. The molecular formula is C76H109N11O15. The Morgan fingerprint density at radius 1 is 0.441 bits per heavy atom. The number of rotatable bonds is 12. The van der Waals surface area contributed by atoms with Gasteiger partial charge in [0.05, 0.1) is 44.0 Å². The van der Waals surface area contributed by atoms with Gasteiger partial charge < -0.3 is 70.7 Å². The first-order valence-corrected chi connectivity index (χ1v) is 36.3. The van der Waals surface area contributed by atoms with Gasteiger partial charge in [0, 0.05) is 26.9 Å². The number of carbonyl (C=O) groups is 10. The van der Waals surface area contributed by atoms with E-state index in [2.05, 4.69) is 63.0 Å². The quantitative estimate of drug-likeness (QED) is 0.104. The molecule has 6 saturated heterocycles. The Labute approximate surface area is 600 Å². The van der Waals surface area contributed by atoms with Crippen LogP contribution < -0.4 is 32.3 Å². The molecule has 14 atom stereocenters. The molecule has 1 unspecified atom stereocenters. The zero-order chi connectivity index (χ0) is 72.6. The molecule has 0 radical (unpaired) electrons. The average molecular weight is 1420 g/mol. The van der Waals surface area contributed by atoms with E-state index in [-0.39, 0.29) is 93.3 Å². The van der Waals surface area contributed by atoms with Crippen molar-refractivity contribution in [2.75, 3.05) is 33.9 Å². The number of amides is 10. The number of hydrogen-bond acceptors (Lipinski definition) is 16. The van der Waals surface area contributed by atoms with E-state index in [1.54, 1.807) is 60.3 Å². The molecule has 9 aliphatic rings. The summed E-state index contributed by atoms with van der Waals surface area (Å²) in [5, 5.41) is 15.1. The Morgan fingerprint density at radius 2 is 0.745 bits per heavy atom. The monoisotopic (exact) mass is 1420 g/mol. The number of fused-ring (bicyclic) bond motifs is 6. The van der Waals surface area contributed by atoms with E-state index in [0.29, 0.717) is 51.6 Å². The van der Waals surface area contributed by atoms with Crippen LogP contribution in [-0.4, -0.2) is 196 Å². The molecule has 26 heteroatoms. The SMILES string of the molecule is C.C[C@@H](C(=O)N[C@H]1CCO[C@H]2CC[C@@H](C(=O)N[C@@H]3CCCc4ccccc43)N2C1=O)N(C)C(=O)OC(C)(C)C.C[C@@H](C(=O)N[C@H]1CCO[C@H]2CC[C@H](C(=O)N[C@@H]3CCCc4ccccc43)N2C1=O)N(C)C(=O)OC(C)(C)C.N[C@H]1CCO[C@H]2CCC(C(=O)N[C@@H]3CCCc4ccccc43)N2C1=O. The number of nitrogens with two attached hydrogens (primary N) is 1. The molecule has 0 bridgehead atoms. The van der Waals surface area contributed by atoms with Gasteiger partial charge in [0.1, 0.15) is 72.2 Å². The van der Waals surface area contributed by atoms with Gasteiger partial charge in [-0.1, -0.05) is 80.2 Å². The second-order valence-corrected chi connectivity index (χ2v) is 30.1. The van der Waals surface area contributed by atoms with Crippen LogP contribution in [0.25, 0.3) is 0 Å². The van der Waals surface area contributed by atoms with E-state index in [1.807, 2.05) is 36.4 Å². The molecular weight excluding hydrogens is 1310 g/mol. The number of aryl methyl sites for hydroxylation is 3. The summed E-state index contributed by atoms with van der Waals surface area (Å²) in [7, 11) is 2.97. The lowest BCUT2D eigenvalue weighted by molar-refractivity contribution is -0.149. The molecule has 102 heavy (non-hydrogen) atoms. The largest absolute Gasteiger partial charge is 0.444 e. The maximum Gasteiger partial charge on any atom is 0.410 e. The van der Waals surface area contributed by atoms with Gasteiger partial charge in [0.25, 0.3) is 0 Å². The summed E-state index contributed by atoms with van der Waals surface area (Å²) in [5.41, 5.74) is 11.8. The maximum atomic E-state index is 13.6. The fraction of sp³-hybridized carbons (Fsp3) is 0.632. The number of ether oxygens (including phenoxy) is 5.